The predicted octanol–water partition coefficient (Wildman–Crippen LogP) is 4.87. The van der Waals surface area contributed by atoms with Crippen molar-refractivity contribution in [2.75, 3.05) is 0 Å². The van der Waals surface area contributed by atoms with Crippen LogP contribution in [0.3, 0.4) is 0 Å². The van der Waals surface area contributed by atoms with Gasteiger partial charge in [0.15, 0.2) is 0 Å². The first-order chi connectivity index (χ1) is 9.83. The average molecular weight is 338 g/mol. The summed E-state index contributed by atoms with van der Waals surface area (Å²) < 4.78 is 45.2. The Morgan fingerprint density at radius 3 is 2.24 bits per heavy atom. The van der Waals surface area contributed by atoms with Crippen molar-refractivity contribution in [3.05, 3.63) is 52.3 Å². The molecule has 0 spiro atoms. The summed E-state index contributed by atoms with van der Waals surface area (Å²) in [6.07, 6.45) is -3.25. The molecule has 1 aromatic carbocycles. The lowest BCUT2D eigenvalue weighted by Gasteiger charge is -2.10. The number of pyridine rings is 1. The van der Waals surface area contributed by atoms with E-state index in [2.05, 4.69) is 9.72 Å². The van der Waals surface area contributed by atoms with Gasteiger partial charge in [0, 0.05) is 11.8 Å². The number of alkyl halides is 3. The molecule has 0 atom stereocenters. The zero-order valence-corrected chi connectivity index (χ0v) is 11.8. The van der Waals surface area contributed by atoms with Crippen molar-refractivity contribution < 1.29 is 22.6 Å². The number of nitrogens with zero attached hydrogens (tertiary/aromatic N) is 1. The first-order valence-electron chi connectivity index (χ1n) is 5.62. The Labute approximate surface area is 128 Å². The van der Waals surface area contributed by atoms with Gasteiger partial charge in [-0.15, -0.1) is 13.2 Å². The van der Waals surface area contributed by atoms with Crippen molar-refractivity contribution in [3.63, 3.8) is 0 Å². The van der Waals surface area contributed by atoms with Crippen molar-refractivity contribution >= 4 is 23.2 Å². The van der Waals surface area contributed by atoms with Crippen molar-refractivity contribution in [1.82, 2.24) is 4.98 Å². The lowest BCUT2D eigenvalue weighted by Crippen LogP contribution is -2.16. The van der Waals surface area contributed by atoms with Crippen LogP contribution in [0.5, 0.6) is 11.5 Å². The summed E-state index contributed by atoms with van der Waals surface area (Å²) in [5.41, 5.74) is 0.608. The number of benzene rings is 1. The maximum atomic E-state index is 12.0. The maximum absolute atomic E-state index is 12.0. The molecule has 8 heteroatoms. The zero-order chi connectivity index (χ0) is 15.5. The molecule has 1 heterocycles. The second kappa shape index (κ2) is 6.41. The van der Waals surface area contributed by atoms with Gasteiger partial charge in [-0.25, -0.2) is 4.98 Å². The quantitative estimate of drug-likeness (QED) is 0.746. The molecule has 112 valence electrons. The van der Waals surface area contributed by atoms with E-state index in [1.807, 2.05) is 0 Å². The molecule has 0 fully saturated rings. The van der Waals surface area contributed by atoms with E-state index >= 15 is 0 Å². The summed E-state index contributed by atoms with van der Waals surface area (Å²) in [6, 6.07) is 6.51. The Kier molecular flexibility index (Phi) is 4.80. The largest absolute Gasteiger partial charge is 0.573 e. The molecule has 0 aliphatic rings. The van der Waals surface area contributed by atoms with Crippen LogP contribution in [0.25, 0.3) is 0 Å². The van der Waals surface area contributed by atoms with Crippen LogP contribution in [-0.2, 0) is 6.61 Å². The van der Waals surface area contributed by atoms with E-state index in [-0.39, 0.29) is 17.5 Å². The van der Waals surface area contributed by atoms with Crippen LogP contribution < -0.4 is 9.47 Å². The minimum Gasteiger partial charge on any atom is -0.489 e. The number of halogens is 5. The van der Waals surface area contributed by atoms with Gasteiger partial charge in [0.1, 0.15) is 23.3 Å². The predicted molar refractivity (Wildman–Crippen MR) is 71.7 cm³/mol. The molecule has 0 aliphatic carbocycles. The van der Waals surface area contributed by atoms with Crippen molar-refractivity contribution in [2.45, 2.75) is 13.0 Å². The van der Waals surface area contributed by atoms with Crippen molar-refractivity contribution in [3.8, 4) is 11.5 Å². The molecule has 21 heavy (non-hydrogen) atoms. The smallest absolute Gasteiger partial charge is 0.489 e. The van der Waals surface area contributed by atoms with E-state index in [4.69, 9.17) is 27.9 Å². The van der Waals surface area contributed by atoms with Gasteiger partial charge in [0.2, 0.25) is 0 Å². The van der Waals surface area contributed by atoms with Crippen LogP contribution in [0.1, 0.15) is 5.56 Å². The van der Waals surface area contributed by atoms with Crippen LogP contribution in [0.4, 0.5) is 13.2 Å². The highest BCUT2D eigenvalue weighted by Crippen LogP contribution is 2.26. The normalized spacial score (nSPS) is 11.3. The summed E-state index contributed by atoms with van der Waals surface area (Å²) in [5.74, 6) is 0.0524. The van der Waals surface area contributed by atoms with Gasteiger partial charge in [-0.05, 0) is 30.3 Å². The van der Waals surface area contributed by atoms with Crippen LogP contribution in [0, 0.1) is 0 Å². The third-order valence-electron chi connectivity index (χ3n) is 2.35. The monoisotopic (exact) mass is 337 g/mol. The highest BCUT2D eigenvalue weighted by Gasteiger charge is 2.30. The van der Waals surface area contributed by atoms with Crippen LogP contribution in [0.15, 0.2) is 36.5 Å². The zero-order valence-electron chi connectivity index (χ0n) is 10.3. The second-order valence-corrected chi connectivity index (χ2v) is 4.70. The van der Waals surface area contributed by atoms with Gasteiger partial charge in [0.25, 0.3) is 0 Å². The minimum absolute atomic E-state index is 0.114. The molecular formula is C13H8Cl2F3NO2. The second-order valence-electron chi connectivity index (χ2n) is 3.91. The minimum atomic E-state index is -4.72. The number of hydrogen-bond donors (Lipinski definition) is 0. The third kappa shape index (κ3) is 4.99. The highest BCUT2D eigenvalue weighted by molar-refractivity contribution is 6.34. The van der Waals surface area contributed by atoms with E-state index < -0.39 is 6.36 Å². The number of hydrogen-bond acceptors (Lipinski definition) is 3. The Morgan fingerprint density at radius 2 is 1.67 bits per heavy atom. The van der Waals surface area contributed by atoms with Gasteiger partial charge in [-0.1, -0.05) is 23.2 Å². The van der Waals surface area contributed by atoms with Gasteiger partial charge < -0.3 is 9.47 Å². The van der Waals surface area contributed by atoms with Crippen molar-refractivity contribution in [2.24, 2.45) is 0 Å². The molecule has 0 bridgehead atoms. The number of aromatic nitrogens is 1. The lowest BCUT2D eigenvalue weighted by atomic mass is 10.3. The fourth-order valence-electron chi connectivity index (χ4n) is 1.44. The fourth-order valence-corrected chi connectivity index (χ4v) is 1.86. The maximum Gasteiger partial charge on any atom is 0.573 e. The summed E-state index contributed by atoms with van der Waals surface area (Å²) in [4.78, 5) is 3.86. The van der Waals surface area contributed by atoms with Crippen LogP contribution >= 0.6 is 23.2 Å². The Bertz CT molecular complexity index is 618. The van der Waals surface area contributed by atoms with Crippen molar-refractivity contribution in [1.29, 1.82) is 0 Å². The standard InChI is InChI=1S/C13H8Cl2F3NO2/c14-11-5-12(15)19-6-8(11)7-20-9-1-3-10(4-2-9)21-13(16,17)18/h1-6H,7H2. The lowest BCUT2D eigenvalue weighted by molar-refractivity contribution is -0.274. The number of rotatable bonds is 4. The van der Waals surface area contributed by atoms with E-state index in [9.17, 15) is 13.2 Å². The SMILES string of the molecule is FC(F)(F)Oc1ccc(OCc2cnc(Cl)cc2Cl)cc1. The van der Waals surface area contributed by atoms with Gasteiger partial charge in [0.05, 0.1) is 5.02 Å². The van der Waals surface area contributed by atoms with Crippen LogP contribution in [0.2, 0.25) is 10.2 Å². The molecular weight excluding hydrogens is 330 g/mol. The molecule has 0 N–H and O–H groups in total. The van der Waals surface area contributed by atoms with E-state index in [1.165, 1.54) is 24.4 Å². The molecule has 2 aromatic rings. The summed E-state index contributed by atoms with van der Waals surface area (Å²) in [7, 11) is 0. The summed E-state index contributed by atoms with van der Waals surface area (Å²) >= 11 is 11.6. The molecule has 0 radical (unpaired) electrons. The van der Waals surface area contributed by atoms with Crippen LogP contribution in [-0.4, -0.2) is 11.3 Å². The highest BCUT2D eigenvalue weighted by atomic mass is 35.5. The Balaban J connectivity index is 1.97. The van der Waals surface area contributed by atoms with Gasteiger partial charge >= 0.3 is 6.36 Å². The first kappa shape index (κ1) is 15.7. The van der Waals surface area contributed by atoms with Gasteiger partial charge in [-0.2, -0.15) is 0 Å². The van der Waals surface area contributed by atoms with Gasteiger partial charge in [-0.3, -0.25) is 0 Å². The molecule has 0 amide bonds. The summed E-state index contributed by atoms with van der Waals surface area (Å²) in [5, 5.41) is 0.657. The molecule has 0 saturated carbocycles. The summed E-state index contributed by atoms with van der Waals surface area (Å²) in [6.45, 7) is 0.114. The third-order valence-corrected chi connectivity index (χ3v) is 2.91. The van der Waals surface area contributed by atoms with E-state index in [0.29, 0.717) is 16.3 Å². The molecule has 0 saturated heterocycles. The molecule has 3 nitrogen and oxygen atoms in total. The fraction of sp³-hybridized carbons (Fsp3) is 0.154. The van der Waals surface area contributed by atoms with E-state index in [1.54, 1.807) is 0 Å². The molecule has 0 unspecified atom stereocenters. The number of ether oxygens (including phenoxy) is 2. The average Bonchev–Trinajstić information content (AvgIpc) is 2.38. The molecule has 0 aliphatic heterocycles. The van der Waals surface area contributed by atoms with E-state index in [0.717, 1.165) is 12.1 Å². The Hall–Kier alpha value is -1.66. The topological polar surface area (TPSA) is 31.4 Å². The Morgan fingerprint density at radius 1 is 1.05 bits per heavy atom. The first-order valence-corrected chi connectivity index (χ1v) is 6.37. The molecule has 2 rings (SSSR count). The molecule has 1 aromatic heterocycles.